The largest absolute Gasteiger partial charge is 0.421 e. The summed E-state index contributed by atoms with van der Waals surface area (Å²) in [5.74, 6) is -0.829. The first kappa shape index (κ1) is 19.7. The number of halogens is 6. The highest BCUT2D eigenvalue weighted by atomic mass is 79.9. The molecule has 1 aromatic heterocycles. The summed E-state index contributed by atoms with van der Waals surface area (Å²) in [6, 6.07) is 4.61. The van der Waals surface area contributed by atoms with E-state index in [9.17, 15) is 23.1 Å². The fraction of sp³-hybridized carbons (Fsp3) is 0.267. The first-order chi connectivity index (χ1) is 10.9. The fourth-order valence-electron chi connectivity index (χ4n) is 2.08. The Morgan fingerprint density at radius 3 is 2.17 bits per heavy atom. The standard InChI is InChI=1S/C15H10BrCl2F3O2S/c1-7-2-12(24-13(7)16)11(22)6-14(23,15(19,20)21)8-3-9(17)5-10(18)4-8/h2-5,23H,6H2,1H3. The summed E-state index contributed by atoms with van der Waals surface area (Å²) >= 11 is 15.7. The number of alkyl halides is 3. The molecule has 0 bridgehead atoms. The van der Waals surface area contributed by atoms with Crippen molar-refractivity contribution in [3.63, 3.8) is 0 Å². The number of carbonyl (C=O) groups excluding carboxylic acids is 1. The van der Waals surface area contributed by atoms with Crippen LogP contribution in [-0.4, -0.2) is 17.1 Å². The van der Waals surface area contributed by atoms with Gasteiger partial charge in [0.25, 0.3) is 0 Å². The molecule has 130 valence electrons. The van der Waals surface area contributed by atoms with Gasteiger partial charge in [-0.1, -0.05) is 23.2 Å². The predicted octanol–water partition coefficient (Wildman–Crippen LogP) is 6.15. The zero-order chi connectivity index (χ0) is 18.3. The van der Waals surface area contributed by atoms with Crippen LogP contribution in [0.15, 0.2) is 28.1 Å². The Morgan fingerprint density at radius 2 is 1.75 bits per heavy atom. The summed E-state index contributed by atoms with van der Waals surface area (Å²) in [4.78, 5) is 12.4. The van der Waals surface area contributed by atoms with E-state index in [1.165, 1.54) is 12.1 Å². The lowest BCUT2D eigenvalue weighted by molar-refractivity contribution is -0.264. The van der Waals surface area contributed by atoms with E-state index < -0.39 is 29.5 Å². The maximum Gasteiger partial charge on any atom is 0.421 e. The average molecular weight is 462 g/mol. The molecule has 0 fully saturated rings. The third-order valence-electron chi connectivity index (χ3n) is 3.36. The quantitative estimate of drug-likeness (QED) is 0.554. The summed E-state index contributed by atoms with van der Waals surface area (Å²) < 4.78 is 41.2. The molecule has 2 rings (SSSR count). The number of carbonyl (C=O) groups is 1. The van der Waals surface area contributed by atoms with Crippen molar-refractivity contribution >= 4 is 56.3 Å². The summed E-state index contributed by atoms with van der Waals surface area (Å²) in [6.07, 6.45) is -6.25. The van der Waals surface area contributed by atoms with E-state index in [2.05, 4.69) is 15.9 Å². The van der Waals surface area contributed by atoms with E-state index in [1.54, 1.807) is 6.92 Å². The first-order valence-electron chi connectivity index (χ1n) is 6.49. The van der Waals surface area contributed by atoms with E-state index >= 15 is 0 Å². The summed E-state index contributed by atoms with van der Waals surface area (Å²) in [6.45, 7) is 1.71. The van der Waals surface area contributed by atoms with Gasteiger partial charge in [0.2, 0.25) is 0 Å². The van der Waals surface area contributed by atoms with Gasteiger partial charge in [0, 0.05) is 10.0 Å². The molecule has 0 saturated heterocycles. The number of rotatable bonds is 4. The maximum absolute atomic E-state index is 13.5. The van der Waals surface area contributed by atoms with Crippen molar-refractivity contribution in [3.05, 3.63) is 54.1 Å². The minimum atomic E-state index is -5.08. The molecule has 0 aliphatic heterocycles. The summed E-state index contributed by atoms with van der Waals surface area (Å²) in [5.41, 5.74) is -3.24. The van der Waals surface area contributed by atoms with Crippen molar-refractivity contribution < 1.29 is 23.1 Å². The van der Waals surface area contributed by atoms with Crippen LogP contribution in [-0.2, 0) is 5.60 Å². The lowest BCUT2D eigenvalue weighted by Gasteiger charge is -2.30. The van der Waals surface area contributed by atoms with Gasteiger partial charge in [-0.15, -0.1) is 11.3 Å². The Morgan fingerprint density at radius 1 is 1.21 bits per heavy atom. The van der Waals surface area contributed by atoms with Crippen LogP contribution < -0.4 is 0 Å². The van der Waals surface area contributed by atoms with Gasteiger partial charge >= 0.3 is 6.18 Å². The van der Waals surface area contributed by atoms with E-state index in [0.717, 1.165) is 29.0 Å². The highest BCUT2D eigenvalue weighted by molar-refractivity contribution is 9.11. The van der Waals surface area contributed by atoms with Gasteiger partial charge in [-0.25, -0.2) is 0 Å². The molecule has 0 aliphatic rings. The molecule has 0 radical (unpaired) electrons. The molecule has 0 aliphatic carbocycles. The molecule has 2 aromatic rings. The highest BCUT2D eigenvalue weighted by Crippen LogP contribution is 2.44. The van der Waals surface area contributed by atoms with Crippen LogP contribution in [0.2, 0.25) is 10.0 Å². The highest BCUT2D eigenvalue weighted by Gasteiger charge is 2.56. The molecular weight excluding hydrogens is 452 g/mol. The SMILES string of the molecule is Cc1cc(C(=O)CC(O)(c2cc(Cl)cc(Cl)c2)C(F)(F)F)sc1Br. The molecule has 1 unspecified atom stereocenters. The second kappa shape index (κ2) is 6.96. The van der Waals surface area contributed by atoms with Crippen LogP contribution in [0.3, 0.4) is 0 Å². The monoisotopic (exact) mass is 460 g/mol. The molecule has 1 aromatic carbocycles. The smallest absolute Gasteiger partial charge is 0.376 e. The van der Waals surface area contributed by atoms with Crippen LogP contribution in [0.25, 0.3) is 0 Å². The van der Waals surface area contributed by atoms with E-state index in [4.69, 9.17) is 23.2 Å². The average Bonchev–Trinajstić information content (AvgIpc) is 2.76. The van der Waals surface area contributed by atoms with Crippen LogP contribution in [0.5, 0.6) is 0 Å². The maximum atomic E-state index is 13.5. The number of benzene rings is 1. The molecule has 1 N–H and O–H groups in total. The van der Waals surface area contributed by atoms with Gasteiger partial charge in [0.15, 0.2) is 11.4 Å². The van der Waals surface area contributed by atoms with Gasteiger partial charge in [-0.2, -0.15) is 13.2 Å². The van der Waals surface area contributed by atoms with Gasteiger partial charge < -0.3 is 5.11 Å². The molecule has 0 amide bonds. The van der Waals surface area contributed by atoms with E-state index in [-0.39, 0.29) is 14.9 Å². The van der Waals surface area contributed by atoms with Gasteiger partial charge in [0.05, 0.1) is 15.1 Å². The fourth-order valence-corrected chi connectivity index (χ4v) is 4.07. The second-order valence-corrected chi connectivity index (χ2v) is 8.43. The summed E-state index contributed by atoms with van der Waals surface area (Å²) in [7, 11) is 0. The van der Waals surface area contributed by atoms with Crippen molar-refractivity contribution in [1.29, 1.82) is 0 Å². The van der Waals surface area contributed by atoms with Gasteiger partial charge in [-0.05, 0) is 58.2 Å². The Balaban J connectivity index is 2.47. The number of aliphatic hydroxyl groups is 1. The molecule has 24 heavy (non-hydrogen) atoms. The Labute approximate surface area is 158 Å². The third-order valence-corrected chi connectivity index (χ3v) is 5.97. The third kappa shape index (κ3) is 3.96. The zero-order valence-corrected chi connectivity index (χ0v) is 16.0. The molecule has 1 heterocycles. The molecule has 1 atom stereocenters. The number of thiophene rings is 1. The van der Waals surface area contributed by atoms with Gasteiger partial charge in [0.1, 0.15) is 0 Å². The van der Waals surface area contributed by atoms with Gasteiger partial charge in [-0.3, -0.25) is 4.79 Å². The molecule has 0 saturated carbocycles. The minimum Gasteiger partial charge on any atom is -0.376 e. The first-order valence-corrected chi connectivity index (χ1v) is 8.85. The topological polar surface area (TPSA) is 37.3 Å². The number of aryl methyl sites for hydroxylation is 1. The molecule has 0 spiro atoms. The Kier molecular flexibility index (Phi) is 5.72. The van der Waals surface area contributed by atoms with Crippen LogP contribution in [0.1, 0.15) is 27.2 Å². The van der Waals surface area contributed by atoms with E-state index in [0.29, 0.717) is 3.79 Å². The molecular formula is C15H10BrCl2F3O2S. The van der Waals surface area contributed by atoms with Crippen molar-refractivity contribution in [2.75, 3.05) is 0 Å². The van der Waals surface area contributed by atoms with Crippen LogP contribution >= 0.6 is 50.5 Å². The number of Topliss-reactive ketones (excluding diaryl/α,β-unsaturated/α-hetero) is 1. The van der Waals surface area contributed by atoms with E-state index in [1.807, 2.05) is 0 Å². The lowest BCUT2D eigenvalue weighted by Crippen LogP contribution is -2.44. The molecule has 2 nitrogen and oxygen atoms in total. The minimum absolute atomic E-state index is 0.0673. The Bertz CT molecular complexity index is 752. The normalized spacial score (nSPS) is 14.5. The zero-order valence-electron chi connectivity index (χ0n) is 12.0. The second-order valence-electron chi connectivity index (χ2n) is 5.18. The molecule has 9 heteroatoms. The number of ketones is 1. The Hall–Kier alpha value is -0.600. The number of hydrogen-bond acceptors (Lipinski definition) is 3. The van der Waals surface area contributed by atoms with Crippen molar-refractivity contribution in [2.45, 2.75) is 25.1 Å². The summed E-state index contributed by atoms with van der Waals surface area (Å²) in [5, 5.41) is 10.2. The van der Waals surface area contributed by atoms with Crippen molar-refractivity contribution in [2.24, 2.45) is 0 Å². The van der Waals surface area contributed by atoms with Crippen molar-refractivity contribution in [1.82, 2.24) is 0 Å². The van der Waals surface area contributed by atoms with Crippen molar-refractivity contribution in [3.8, 4) is 0 Å². The van der Waals surface area contributed by atoms with Crippen LogP contribution in [0.4, 0.5) is 13.2 Å². The lowest BCUT2D eigenvalue weighted by atomic mass is 9.87. The predicted molar refractivity (Wildman–Crippen MR) is 92.1 cm³/mol. The van der Waals surface area contributed by atoms with Crippen LogP contribution in [0, 0.1) is 6.92 Å². The number of hydrogen-bond donors (Lipinski definition) is 1.